The molecule has 7 nitrogen and oxygen atoms in total. The lowest BCUT2D eigenvalue weighted by Gasteiger charge is -2.12. The number of benzene rings is 2. The lowest BCUT2D eigenvalue weighted by molar-refractivity contribution is -0.117. The van der Waals surface area contributed by atoms with Crippen LogP contribution in [0.3, 0.4) is 0 Å². The highest BCUT2D eigenvalue weighted by atomic mass is 32.2. The predicted octanol–water partition coefficient (Wildman–Crippen LogP) is 4.26. The summed E-state index contributed by atoms with van der Waals surface area (Å²) >= 11 is 3.07. The van der Waals surface area contributed by atoms with Gasteiger partial charge in [0.15, 0.2) is 17.3 Å². The molecule has 150 valence electrons. The summed E-state index contributed by atoms with van der Waals surface area (Å²) in [5, 5.41) is 11.6. The third-order valence-electron chi connectivity index (χ3n) is 4.35. The van der Waals surface area contributed by atoms with Crippen LogP contribution in [0.25, 0.3) is 10.2 Å². The molecular weight excluding hydrogens is 412 g/mol. The third-order valence-corrected chi connectivity index (χ3v) is 6.56. The van der Waals surface area contributed by atoms with Crippen LogP contribution in [-0.2, 0) is 4.79 Å². The van der Waals surface area contributed by atoms with Crippen molar-refractivity contribution in [3.8, 4) is 28.7 Å². The summed E-state index contributed by atoms with van der Waals surface area (Å²) in [5.41, 5.74) is 0.841. The molecule has 4 rings (SSSR count). The Morgan fingerprint density at radius 2 is 1.86 bits per heavy atom. The Morgan fingerprint density at radius 3 is 2.48 bits per heavy atom. The van der Waals surface area contributed by atoms with Gasteiger partial charge in [0, 0.05) is 24.0 Å². The summed E-state index contributed by atoms with van der Waals surface area (Å²) in [5.74, 6) is 2.27. The maximum absolute atomic E-state index is 11.5. The minimum atomic E-state index is -0.277. The first kappa shape index (κ1) is 19.5. The quantitative estimate of drug-likeness (QED) is 0.625. The van der Waals surface area contributed by atoms with Gasteiger partial charge < -0.3 is 19.3 Å². The molecule has 0 saturated heterocycles. The smallest absolute Gasteiger partial charge is 0.201 e. The molecule has 1 N–H and O–H groups in total. The first-order chi connectivity index (χ1) is 14.0. The number of aromatic nitrogens is 1. The van der Waals surface area contributed by atoms with E-state index in [0.717, 1.165) is 20.3 Å². The number of Topliss-reactive ketones (excluding diaryl/α,β-unsaturated/α-hetero) is 1. The molecule has 1 aromatic heterocycles. The van der Waals surface area contributed by atoms with Crippen LogP contribution in [-0.4, -0.2) is 46.9 Å². The van der Waals surface area contributed by atoms with E-state index in [9.17, 15) is 9.90 Å². The van der Waals surface area contributed by atoms with E-state index in [1.807, 2.05) is 18.2 Å². The Balaban J connectivity index is 1.62. The molecule has 1 atom stereocenters. The monoisotopic (exact) mass is 430 g/mol. The van der Waals surface area contributed by atoms with Crippen LogP contribution in [0.1, 0.15) is 11.9 Å². The van der Waals surface area contributed by atoms with Crippen LogP contribution in [0.5, 0.6) is 28.7 Å². The van der Waals surface area contributed by atoms with Gasteiger partial charge in [-0.1, -0.05) is 0 Å². The number of ketones is 1. The number of carbonyl (C=O) groups excluding carboxylic acids is 1. The first-order valence-electron chi connectivity index (χ1n) is 8.73. The number of thioether (sulfide) groups is 1. The summed E-state index contributed by atoms with van der Waals surface area (Å²) in [4.78, 5) is 20.7. The van der Waals surface area contributed by atoms with Crippen molar-refractivity contribution in [1.29, 1.82) is 0 Å². The minimum Gasteiger partial charge on any atom is -0.502 e. The van der Waals surface area contributed by atoms with E-state index in [2.05, 4.69) is 9.98 Å². The number of hydrogen-bond acceptors (Lipinski definition) is 9. The molecule has 0 spiro atoms. The number of nitrogens with zero attached hydrogens (tertiary/aromatic N) is 2. The van der Waals surface area contributed by atoms with Gasteiger partial charge in [0.1, 0.15) is 27.6 Å². The number of hydrogen-bond donors (Lipinski definition) is 1. The Kier molecular flexibility index (Phi) is 5.33. The topological polar surface area (TPSA) is 90.2 Å². The number of phenolic OH excluding ortho intramolecular Hbond substituents is 1. The molecule has 0 radical (unpaired) electrons. The Hall–Kier alpha value is -2.78. The van der Waals surface area contributed by atoms with Crippen molar-refractivity contribution in [2.45, 2.75) is 13.0 Å². The van der Waals surface area contributed by atoms with Crippen molar-refractivity contribution >= 4 is 44.1 Å². The summed E-state index contributed by atoms with van der Waals surface area (Å²) in [6.07, 6.45) is 0. The summed E-state index contributed by atoms with van der Waals surface area (Å²) < 4.78 is 17.2. The third kappa shape index (κ3) is 3.88. The first-order valence-corrected chi connectivity index (χ1v) is 10.5. The fourth-order valence-corrected chi connectivity index (χ4v) is 5.01. The van der Waals surface area contributed by atoms with Crippen LogP contribution < -0.4 is 14.2 Å². The lowest BCUT2D eigenvalue weighted by atomic mass is 10.2. The summed E-state index contributed by atoms with van der Waals surface area (Å²) in [7, 11) is 2.92. The van der Waals surface area contributed by atoms with E-state index in [4.69, 9.17) is 14.2 Å². The zero-order valence-electron chi connectivity index (χ0n) is 16.0. The van der Waals surface area contributed by atoms with Crippen LogP contribution in [0.15, 0.2) is 35.3 Å². The number of carbonyl (C=O) groups is 1. The zero-order chi connectivity index (χ0) is 20.5. The van der Waals surface area contributed by atoms with Crippen LogP contribution in [0, 0.1) is 0 Å². The Labute approximate surface area is 175 Å². The van der Waals surface area contributed by atoms with Gasteiger partial charge in [0.25, 0.3) is 0 Å². The maximum atomic E-state index is 11.5. The lowest BCUT2D eigenvalue weighted by Crippen LogP contribution is -2.14. The van der Waals surface area contributed by atoms with Crippen LogP contribution in [0.4, 0.5) is 0 Å². The molecule has 1 aliphatic rings. The van der Waals surface area contributed by atoms with Crippen molar-refractivity contribution in [1.82, 2.24) is 4.98 Å². The van der Waals surface area contributed by atoms with Crippen LogP contribution in [0.2, 0.25) is 0 Å². The average molecular weight is 431 g/mol. The van der Waals surface area contributed by atoms with Crippen molar-refractivity contribution in [2.24, 2.45) is 4.99 Å². The highest BCUT2D eigenvalue weighted by molar-refractivity contribution is 8.15. The average Bonchev–Trinajstić information content (AvgIpc) is 3.35. The summed E-state index contributed by atoms with van der Waals surface area (Å²) in [6.45, 7) is 1.56. The molecule has 0 fully saturated rings. The number of fused-ring (bicyclic) bond motifs is 1. The number of phenols is 1. The number of rotatable bonds is 6. The molecule has 0 aliphatic carbocycles. The number of methoxy groups -OCH3 is 2. The molecule has 2 aromatic carbocycles. The van der Waals surface area contributed by atoms with Gasteiger partial charge in [0.05, 0.1) is 24.4 Å². The molecule has 0 bridgehead atoms. The molecule has 0 amide bonds. The fraction of sp³-hybridized carbons (Fsp3) is 0.250. The number of aliphatic imine (C=N–C) groups is 1. The van der Waals surface area contributed by atoms with E-state index in [-0.39, 0.29) is 29.1 Å². The predicted molar refractivity (Wildman–Crippen MR) is 114 cm³/mol. The zero-order valence-corrected chi connectivity index (χ0v) is 17.6. The Morgan fingerprint density at radius 1 is 1.14 bits per heavy atom. The highest BCUT2D eigenvalue weighted by Gasteiger charge is 2.25. The highest BCUT2D eigenvalue weighted by Crippen LogP contribution is 2.41. The molecular formula is C20H18N2O5S2. The Bertz CT molecular complexity index is 1100. The second-order valence-corrected chi connectivity index (χ2v) is 8.34. The van der Waals surface area contributed by atoms with Crippen LogP contribution >= 0.6 is 23.1 Å². The van der Waals surface area contributed by atoms with E-state index >= 15 is 0 Å². The van der Waals surface area contributed by atoms with Gasteiger partial charge in [-0.2, -0.15) is 0 Å². The van der Waals surface area contributed by atoms with Gasteiger partial charge in [-0.15, -0.1) is 23.1 Å². The van der Waals surface area contributed by atoms with Gasteiger partial charge in [-0.3, -0.25) is 9.79 Å². The molecule has 3 aromatic rings. The van der Waals surface area contributed by atoms with Gasteiger partial charge in [-0.05, 0) is 19.1 Å². The van der Waals surface area contributed by atoms with Gasteiger partial charge >= 0.3 is 0 Å². The van der Waals surface area contributed by atoms with Crippen molar-refractivity contribution < 1.29 is 24.1 Å². The molecule has 29 heavy (non-hydrogen) atoms. The number of aromatic hydroxyl groups is 1. The van der Waals surface area contributed by atoms with E-state index < -0.39 is 0 Å². The van der Waals surface area contributed by atoms with Gasteiger partial charge in [0.2, 0.25) is 5.75 Å². The van der Waals surface area contributed by atoms with Crippen molar-refractivity contribution in [2.75, 3.05) is 20.0 Å². The standard InChI is InChI=1S/C20H18N2O5S2/c1-10(23)14-9-28-19(22-14)20-21-13-5-4-11(8-17(13)29-20)27-12-6-15(25-2)18(24)16(7-12)26-3/h4-8,14,24H,9H2,1-3H3. The molecule has 2 heterocycles. The van der Waals surface area contributed by atoms with Crippen molar-refractivity contribution in [3.05, 3.63) is 35.3 Å². The van der Waals surface area contributed by atoms with E-state index in [0.29, 0.717) is 17.3 Å². The largest absolute Gasteiger partial charge is 0.502 e. The summed E-state index contributed by atoms with van der Waals surface area (Å²) in [6, 6.07) is 8.49. The second-order valence-electron chi connectivity index (χ2n) is 6.30. The molecule has 0 saturated carbocycles. The van der Waals surface area contributed by atoms with E-state index in [1.54, 1.807) is 30.8 Å². The molecule has 1 unspecified atom stereocenters. The maximum Gasteiger partial charge on any atom is 0.201 e. The molecule has 1 aliphatic heterocycles. The SMILES string of the molecule is COc1cc(Oc2ccc3nc(C4=NC(C(C)=O)CS4)sc3c2)cc(OC)c1O. The number of ether oxygens (including phenoxy) is 3. The molecule has 9 heteroatoms. The fourth-order valence-electron chi connectivity index (χ4n) is 2.82. The normalized spacial score (nSPS) is 16.0. The minimum absolute atomic E-state index is 0.0732. The van der Waals surface area contributed by atoms with Gasteiger partial charge in [-0.25, -0.2) is 4.98 Å². The van der Waals surface area contributed by atoms with E-state index in [1.165, 1.54) is 25.6 Å². The number of thiazole rings is 1. The van der Waals surface area contributed by atoms with Crippen molar-refractivity contribution in [3.63, 3.8) is 0 Å². The second kappa shape index (κ2) is 7.92.